The van der Waals surface area contributed by atoms with Crippen molar-refractivity contribution < 1.29 is 23.1 Å². The highest BCUT2D eigenvalue weighted by molar-refractivity contribution is 7.89. The highest BCUT2D eigenvalue weighted by atomic mass is 32.2. The number of methoxy groups -OCH3 is 1. The predicted molar refractivity (Wildman–Crippen MR) is 87.2 cm³/mol. The number of esters is 1. The number of ether oxygens (including phenoxy) is 1. The third-order valence-corrected chi connectivity index (χ3v) is 5.54. The van der Waals surface area contributed by atoms with Gasteiger partial charge in [0.2, 0.25) is 0 Å². The Morgan fingerprint density at radius 2 is 1.71 bits per heavy atom. The molecule has 2 aromatic rings. The molecule has 3 rings (SSSR count). The number of fused-ring (bicyclic) bond motifs is 1. The minimum absolute atomic E-state index is 0.0499. The van der Waals surface area contributed by atoms with Crippen molar-refractivity contribution in [1.29, 1.82) is 0 Å². The molecule has 0 aromatic heterocycles. The summed E-state index contributed by atoms with van der Waals surface area (Å²) < 4.78 is 31.5. The lowest BCUT2D eigenvalue weighted by Crippen LogP contribution is -2.38. The van der Waals surface area contributed by atoms with Gasteiger partial charge in [-0.25, -0.2) is 13.2 Å². The van der Waals surface area contributed by atoms with Crippen LogP contribution >= 0.6 is 0 Å². The molecule has 6 nitrogen and oxygen atoms in total. The van der Waals surface area contributed by atoms with Crippen molar-refractivity contribution in [2.24, 2.45) is 0 Å². The molecule has 0 atom stereocenters. The van der Waals surface area contributed by atoms with Gasteiger partial charge in [-0.05, 0) is 17.7 Å². The standard InChI is InChI=1S/C17H15NO5S/c1-23-17(20)15-16(19)13-9-5-6-10-14(13)24(21,22)18(15)11-12-7-3-2-4-8-12/h2-10,19H,11H2,1H3. The monoisotopic (exact) mass is 345 g/mol. The van der Waals surface area contributed by atoms with Crippen molar-refractivity contribution in [3.05, 3.63) is 71.4 Å². The van der Waals surface area contributed by atoms with Crippen LogP contribution in [0.4, 0.5) is 0 Å². The molecule has 1 aliphatic heterocycles. The molecule has 124 valence electrons. The number of hydrogen-bond acceptors (Lipinski definition) is 5. The van der Waals surface area contributed by atoms with E-state index in [1.54, 1.807) is 42.5 Å². The molecule has 0 aliphatic carbocycles. The summed E-state index contributed by atoms with van der Waals surface area (Å²) in [6.45, 7) is -0.0913. The van der Waals surface area contributed by atoms with E-state index in [4.69, 9.17) is 0 Å². The first-order valence-corrected chi connectivity index (χ1v) is 8.58. The lowest BCUT2D eigenvalue weighted by Gasteiger charge is -2.30. The molecule has 0 bridgehead atoms. The van der Waals surface area contributed by atoms with Crippen LogP contribution in [0.5, 0.6) is 0 Å². The Kier molecular flexibility index (Phi) is 4.02. The summed E-state index contributed by atoms with van der Waals surface area (Å²) in [4.78, 5) is 12.1. The van der Waals surface area contributed by atoms with Crippen LogP contribution in [0.2, 0.25) is 0 Å². The summed E-state index contributed by atoms with van der Waals surface area (Å²) in [6.07, 6.45) is 0. The van der Waals surface area contributed by atoms with Crippen molar-refractivity contribution in [1.82, 2.24) is 4.31 Å². The quantitative estimate of drug-likeness (QED) is 0.863. The number of hydrogen-bond donors (Lipinski definition) is 1. The number of aliphatic hydroxyl groups is 1. The topological polar surface area (TPSA) is 83.9 Å². The number of benzene rings is 2. The molecule has 0 saturated heterocycles. The zero-order valence-corrected chi connectivity index (χ0v) is 13.7. The van der Waals surface area contributed by atoms with Crippen LogP contribution in [0.3, 0.4) is 0 Å². The molecule has 1 aliphatic rings. The van der Waals surface area contributed by atoms with Crippen molar-refractivity contribution in [3.8, 4) is 0 Å². The minimum Gasteiger partial charge on any atom is -0.505 e. The summed E-state index contributed by atoms with van der Waals surface area (Å²) >= 11 is 0. The van der Waals surface area contributed by atoms with E-state index >= 15 is 0 Å². The van der Waals surface area contributed by atoms with Crippen LogP contribution in [0.1, 0.15) is 11.1 Å². The smallest absolute Gasteiger partial charge is 0.359 e. The van der Waals surface area contributed by atoms with E-state index in [0.717, 1.165) is 11.4 Å². The molecule has 7 heteroatoms. The van der Waals surface area contributed by atoms with Gasteiger partial charge in [0.15, 0.2) is 11.5 Å². The van der Waals surface area contributed by atoms with Gasteiger partial charge in [-0.2, -0.15) is 0 Å². The van der Waals surface area contributed by atoms with Crippen LogP contribution in [-0.4, -0.2) is 30.9 Å². The van der Waals surface area contributed by atoms with E-state index in [2.05, 4.69) is 4.74 Å². The maximum Gasteiger partial charge on any atom is 0.359 e. The number of nitrogens with zero attached hydrogens (tertiary/aromatic N) is 1. The van der Waals surface area contributed by atoms with Gasteiger partial charge in [-0.15, -0.1) is 0 Å². The van der Waals surface area contributed by atoms with Crippen molar-refractivity contribution in [2.75, 3.05) is 7.11 Å². The minimum atomic E-state index is -4.00. The zero-order valence-electron chi connectivity index (χ0n) is 12.8. The normalized spacial score (nSPS) is 15.8. The Hall–Kier alpha value is -2.80. The first kappa shape index (κ1) is 16.1. The van der Waals surface area contributed by atoms with Crippen LogP contribution < -0.4 is 0 Å². The largest absolute Gasteiger partial charge is 0.505 e. The number of sulfonamides is 1. The summed E-state index contributed by atoms with van der Waals surface area (Å²) in [7, 11) is -2.87. The van der Waals surface area contributed by atoms with Crippen LogP contribution in [-0.2, 0) is 26.1 Å². The number of carbonyl (C=O) groups is 1. The molecule has 0 amide bonds. The maximum absolute atomic E-state index is 13.0. The molecule has 0 radical (unpaired) electrons. The first-order valence-electron chi connectivity index (χ1n) is 7.14. The van der Waals surface area contributed by atoms with Crippen molar-refractivity contribution in [2.45, 2.75) is 11.4 Å². The van der Waals surface area contributed by atoms with E-state index in [1.807, 2.05) is 0 Å². The Morgan fingerprint density at radius 1 is 1.08 bits per heavy atom. The molecule has 0 fully saturated rings. The summed E-state index contributed by atoms with van der Waals surface area (Å²) in [5.41, 5.74) is 0.372. The molecule has 0 unspecified atom stereocenters. The predicted octanol–water partition coefficient (Wildman–Crippen LogP) is 2.29. The summed E-state index contributed by atoms with van der Waals surface area (Å²) in [6, 6.07) is 14.8. The van der Waals surface area contributed by atoms with Gasteiger partial charge in [0.1, 0.15) is 0 Å². The molecule has 0 spiro atoms. The molecule has 24 heavy (non-hydrogen) atoms. The third kappa shape index (κ3) is 2.52. The number of rotatable bonds is 3. The van der Waals surface area contributed by atoms with Gasteiger partial charge >= 0.3 is 5.97 Å². The second-order valence-electron chi connectivity index (χ2n) is 5.18. The lowest BCUT2D eigenvalue weighted by molar-refractivity contribution is -0.137. The van der Waals surface area contributed by atoms with E-state index in [1.165, 1.54) is 12.1 Å². The van der Waals surface area contributed by atoms with Gasteiger partial charge in [-0.1, -0.05) is 42.5 Å². The average molecular weight is 345 g/mol. The molecular weight excluding hydrogens is 330 g/mol. The van der Waals surface area contributed by atoms with Gasteiger partial charge < -0.3 is 9.84 Å². The molecular formula is C17H15NO5S. The lowest BCUT2D eigenvalue weighted by atomic mass is 10.1. The number of carbonyl (C=O) groups excluding carboxylic acids is 1. The van der Waals surface area contributed by atoms with E-state index in [-0.39, 0.29) is 22.7 Å². The second-order valence-corrected chi connectivity index (χ2v) is 7.01. The molecule has 1 heterocycles. The highest BCUT2D eigenvalue weighted by Crippen LogP contribution is 2.36. The summed E-state index contributed by atoms with van der Waals surface area (Å²) in [5, 5.41) is 10.5. The van der Waals surface area contributed by atoms with Gasteiger partial charge in [0, 0.05) is 5.56 Å². The fourth-order valence-corrected chi connectivity index (χ4v) is 4.23. The third-order valence-electron chi connectivity index (χ3n) is 3.73. The van der Waals surface area contributed by atoms with Crippen LogP contribution in [0.25, 0.3) is 5.76 Å². The van der Waals surface area contributed by atoms with Gasteiger partial charge in [0.05, 0.1) is 18.6 Å². The Morgan fingerprint density at radius 3 is 2.38 bits per heavy atom. The Labute approximate surface area is 139 Å². The van der Waals surface area contributed by atoms with E-state index in [9.17, 15) is 18.3 Å². The first-order chi connectivity index (χ1) is 11.5. The van der Waals surface area contributed by atoms with Gasteiger partial charge in [-0.3, -0.25) is 4.31 Å². The maximum atomic E-state index is 13.0. The van der Waals surface area contributed by atoms with E-state index < -0.39 is 21.8 Å². The zero-order chi connectivity index (χ0) is 17.3. The molecule has 0 saturated carbocycles. The second kappa shape index (κ2) is 6.01. The fourth-order valence-electron chi connectivity index (χ4n) is 2.58. The van der Waals surface area contributed by atoms with Crippen molar-refractivity contribution in [3.63, 3.8) is 0 Å². The van der Waals surface area contributed by atoms with Crippen LogP contribution in [0.15, 0.2) is 65.2 Å². The SMILES string of the molecule is COC(=O)C1=C(O)c2ccccc2S(=O)(=O)N1Cc1ccccc1. The Bertz CT molecular complexity index is 919. The Balaban J connectivity index is 2.22. The average Bonchev–Trinajstić information content (AvgIpc) is 2.60. The fraction of sp³-hybridized carbons (Fsp3) is 0.118. The van der Waals surface area contributed by atoms with E-state index in [0.29, 0.717) is 5.56 Å². The van der Waals surface area contributed by atoms with Crippen molar-refractivity contribution >= 4 is 21.8 Å². The molecule has 2 aromatic carbocycles. The molecule has 1 N–H and O–H groups in total. The van der Waals surface area contributed by atoms with Gasteiger partial charge in [0.25, 0.3) is 10.0 Å². The number of aliphatic hydroxyl groups excluding tert-OH is 1. The summed E-state index contributed by atoms with van der Waals surface area (Å²) in [5.74, 6) is -1.33. The highest BCUT2D eigenvalue weighted by Gasteiger charge is 2.40. The van der Waals surface area contributed by atoms with Crippen LogP contribution in [0, 0.1) is 0 Å².